The number of hydrogen-bond donors (Lipinski definition) is 1. The maximum atomic E-state index is 12.3. The lowest BCUT2D eigenvalue weighted by Crippen LogP contribution is -2.31. The van der Waals surface area contributed by atoms with Crippen molar-refractivity contribution in [3.63, 3.8) is 0 Å². The molecule has 0 bridgehead atoms. The molecule has 0 aromatic heterocycles. The van der Waals surface area contributed by atoms with E-state index in [1.807, 2.05) is 12.1 Å². The predicted molar refractivity (Wildman–Crippen MR) is 87.7 cm³/mol. The molecule has 1 aromatic carbocycles. The topological polar surface area (TPSA) is 38.3 Å². The van der Waals surface area contributed by atoms with Crippen LogP contribution in [0, 0.1) is 11.8 Å². The van der Waals surface area contributed by atoms with Crippen molar-refractivity contribution >= 4 is 37.8 Å². The first-order chi connectivity index (χ1) is 9.65. The Hall–Kier alpha value is -0.550. The lowest BCUT2D eigenvalue weighted by molar-refractivity contribution is 0.0941. The number of amides is 1. The fourth-order valence-electron chi connectivity index (χ4n) is 2.76. The molecular weight excluding hydrogens is 386 g/mol. The molecule has 1 N–H and O–H groups in total. The van der Waals surface area contributed by atoms with Crippen molar-refractivity contribution in [3.05, 3.63) is 28.2 Å². The van der Waals surface area contributed by atoms with Crippen LogP contribution in [0.15, 0.2) is 22.7 Å². The Morgan fingerprint density at radius 2 is 2.15 bits per heavy atom. The molecule has 1 aromatic rings. The molecular formula is C15H19Br2NO2. The van der Waals surface area contributed by atoms with Crippen LogP contribution in [0.25, 0.3) is 0 Å². The largest absolute Gasteiger partial charge is 0.496 e. The fourth-order valence-corrected chi connectivity index (χ4v) is 3.95. The van der Waals surface area contributed by atoms with E-state index in [-0.39, 0.29) is 5.91 Å². The van der Waals surface area contributed by atoms with Gasteiger partial charge in [-0.2, -0.15) is 0 Å². The van der Waals surface area contributed by atoms with Crippen LogP contribution in [0.3, 0.4) is 0 Å². The Bertz CT molecular complexity index is 479. The predicted octanol–water partition coefficient (Wildman–Crippen LogP) is 4.00. The van der Waals surface area contributed by atoms with E-state index in [0.717, 1.165) is 16.3 Å². The highest BCUT2D eigenvalue weighted by molar-refractivity contribution is 9.10. The van der Waals surface area contributed by atoms with E-state index in [1.54, 1.807) is 13.2 Å². The van der Waals surface area contributed by atoms with Gasteiger partial charge in [-0.3, -0.25) is 4.79 Å². The van der Waals surface area contributed by atoms with Crippen molar-refractivity contribution in [1.29, 1.82) is 0 Å². The van der Waals surface area contributed by atoms with Gasteiger partial charge in [-0.05, 0) is 42.9 Å². The summed E-state index contributed by atoms with van der Waals surface area (Å²) in [5.74, 6) is 1.80. The SMILES string of the molecule is COc1cc(Br)ccc1C(=O)NCC1CCCC1CBr. The molecule has 110 valence electrons. The first kappa shape index (κ1) is 15.8. The van der Waals surface area contributed by atoms with E-state index in [9.17, 15) is 4.79 Å². The number of methoxy groups -OCH3 is 1. The van der Waals surface area contributed by atoms with Crippen LogP contribution in [0.4, 0.5) is 0 Å². The molecule has 1 aliphatic rings. The molecule has 0 spiro atoms. The number of carbonyl (C=O) groups excluding carboxylic acids is 1. The lowest BCUT2D eigenvalue weighted by atomic mass is 9.98. The number of halogens is 2. The van der Waals surface area contributed by atoms with Crippen LogP contribution in [-0.4, -0.2) is 24.9 Å². The molecule has 2 unspecified atom stereocenters. The third-order valence-corrected chi connectivity index (χ3v) is 5.27. The first-order valence-corrected chi connectivity index (χ1v) is 8.75. The Kier molecular flexibility index (Phi) is 5.90. The monoisotopic (exact) mass is 403 g/mol. The van der Waals surface area contributed by atoms with Crippen molar-refractivity contribution in [2.24, 2.45) is 11.8 Å². The smallest absolute Gasteiger partial charge is 0.255 e. The molecule has 1 aliphatic carbocycles. The first-order valence-electron chi connectivity index (χ1n) is 6.83. The van der Waals surface area contributed by atoms with Gasteiger partial charge in [0, 0.05) is 16.3 Å². The van der Waals surface area contributed by atoms with Crippen molar-refractivity contribution in [2.75, 3.05) is 19.0 Å². The summed E-state index contributed by atoms with van der Waals surface area (Å²) < 4.78 is 6.17. The third kappa shape index (κ3) is 3.76. The molecule has 2 rings (SSSR count). The molecule has 1 fully saturated rings. The molecule has 5 heteroatoms. The quantitative estimate of drug-likeness (QED) is 0.753. The summed E-state index contributed by atoms with van der Waals surface area (Å²) in [5.41, 5.74) is 0.587. The van der Waals surface area contributed by atoms with Crippen molar-refractivity contribution in [2.45, 2.75) is 19.3 Å². The van der Waals surface area contributed by atoms with Gasteiger partial charge in [0.15, 0.2) is 0 Å². The van der Waals surface area contributed by atoms with E-state index in [0.29, 0.717) is 23.1 Å². The maximum absolute atomic E-state index is 12.3. The summed E-state index contributed by atoms with van der Waals surface area (Å²) in [5, 5.41) is 4.07. The molecule has 20 heavy (non-hydrogen) atoms. The van der Waals surface area contributed by atoms with Crippen LogP contribution in [-0.2, 0) is 0 Å². The van der Waals surface area contributed by atoms with Crippen LogP contribution in [0.5, 0.6) is 5.75 Å². The highest BCUT2D eigenvalue weighted by atomic mass is 79.9. The maximum Gasteiger partial charge on any atom is 0.255 e. The van der Waals surface area contributed by atoms with Crippen molar-refractivity contribution in [3.8, 4) is 5.75 Å². The van der Waals surface area contributed by atoms with E-state index >= 15 is 0 Å². The molecule has 1 saturated carbocycles. The average molecular weight is 405 g/mol. The van der Waals surface area contributed by atoms with E-state index in [2.05, 4.69) is 37.2 Å². The molecule has 2 atom stereocenters. The van der Waals surface area contributed by atoms with Gasteiger partial charge in [0.1, 0.15) is 5.75 Å². The fraction of sp³-hybridized carbons (Fsp3) is 0.533. The Morgan fingerprint density at radius 3 is 2.85 bits per heavy atom. The van der Waals surface area contributed by atoms with Gasteiger partial charge in [0.25, 0.3) is 5.91 Å². The molecule has 0 heterocycles. The van der Waals surface area contributed by atoms with Crippen molar-refractivity contribution < 1.29 is 9.53 Å². The standard InChI is InChI=1S/C15H19Br2NO2/c1-20-14-7-12(17)5-6-13(14)15(19)18-9-11-4-2-3-10(11)8-16/h5-7,10-11H,2-4,8-9H2,1H3,(H,18,19). The number of benzene rings is 1. The number of alkyl halides is 1. The summed E-state index contributed by atoms with van der Waals surface area (Å²) >= 11 is 6.94. The zero-order chi connectivity index (χ0) is 14.5. The number of nitrogens with one attached hydrogen (secondary N) is 1. The van der Waals surface area contributed by atoms with Gasteiger partial charge in [-0.25, -0.2) is 0 Å². The number of hydrogen-bond acceptors (Lipinski definition) is 2. The second-order valence-electron chi connectivity index (χ2n) is 5.16. The van der Waals surface area contributed by atoms with Crippen LogP contribution in [0.2, 0.25) is 0 Å². The van der Waals surface area contributed by atoms with Gasteiger partial charge in [0.05, 0.1) is 12.7 Å². The summed E-state index contributed by atoms with van der Waals surface area (Å²) in [6.45, 7) is 0.744. The van der Waals surface area contributed by atoms with Crippen LogP contribution < -0.4 is 10.1 Å². The van der Waals surface area contributed by atoms with E-state index in [1.165, 1.54) is 19.3 Å². The highest BCUT2D eigenvalue weighted by Gasteiger charge is 2.26. The Morgan fingerprint density at radius 1 is 1.40 bits per heavy atom. The normalized spacial score (nSPS) is 21.8. The summed E-state index contributed by atoms with van der Waals surface area (Å²) in [6, 6.07) is 5.45. The van der Waals surface area contributed by atoms with E-state index < -0.39 is 0 Å². The van der Waals surface area contributed by atoms with Gasteiger partial charge >= 0.3 is 0 Å². The minimum atomic E-state index is -0.0606. The highest BCUT2D eigenvalue weighted by Crippen LogP contribution is 2.32. The van der Waals surface area contributed by atoms with Gasteiger partial charge in [-0.15, -0.1) is 0 Å². The summed E-state index contributed by atoms with van der Waals surface area (Å²) in [4.78, 5) is 12.3. The molecule has 1 amide bonds. The van der Waals surface area contributed by atoms with Crippen LogP contribution in [0.1, 0.15) is 29.6 Å². The minimum absolute atomic E-state index is 0.0606. The average Bonchev–Trinajstić information content (AvgIpc) is 2.92. The zero-order valence-corrected chi connectivity index (χ0v) is 14.7. The second-order valence-corrected chi connectivity index (χ2v) is 6.72. The molecule has 0 aliphatic heterocycles. The minimum Gasteiger partial charge on any atom is -0.496 e. The van der Waals surface area contributed by atoms with E-state index in [4.69, 9.17) is 4.74 Å². The molecule has 0 radical (unpaired) electrons. The van der Waals surface area contributed by atoms with Crippen molar-refractivity contribution in [1.82, 2.24) is 5.32 Å². The van der Waals surface area contributed by atoms with Crippen LogP contribution >= 0.6 is 31.9 Å². The third-order valence-electron chi connectivity index (χ3n) is 3.95. The Balaban J connectivity index is 1.98. The summed E-state index contributed by atoms with van der Waals surface area (Å²) in [6.07, 6.45) is 3.72. The number of rotatable bonds is 5. The number of ether oxygens (including phenoxy) is 1. The Labute approximate surface area is 136 Å². The van der Waals surface area contributed by atoms with Gasteiger partial charge < -0.3 is 10.1 Å². The lowest BCUT2D eigenvalue weighted by Gasteiger charge is -2.18. The second kappa shape index (κ2) is 7.46. The molecule has 3 nitrogen and oxygen atoms in total. The number of carbonyl (C=O) groups is 1. The van der Waals surface area contributed by atoms with Gasteiger partial charge in [0.2, 0.25) is 0 Å². The molecule has 0 saturated heterocycles. The van der Waals surface area contributed by atoms with Gasteiger partial charge in [-0.1, -0.05) is 38.3 Å². The summed E-state index contributed by atoms with van der Waals surface area (Å²) in [7, 11) is 1.58. The zero-order valence-electron chi connectivity index (χ0n) is 11.5.